The summed E-state index contributed by atoms with van der Waals surface area (Å²) < 4.78 is 11.1. The number of hydrogen-bond donors (Lipinski definition) is 0. The zero-order valence-corrected chi connectivity index (χ0v) is 10.2. The largest absolute Gasteiger partial charge is 0.238 e. The summed E-state index contributed by atoms with van der Waals surface area (Å²) in [4.78, 5) is 4.18. The van der Waals surface area contributed by atoms with Crippen molar-refractivity contribution in [2.75, 3.05) is 0 Å². The van der Waals surface area contributed by atoms with Crippen LogP contribution in [0.4, 0.5) is 0 Å². The molecule has 0 bridgehead atoms. The van der Waals surface area contributed by atoms with E-state index in [2.05, 4.69) is 4.98 Å². The van der Waals surface area contributed by atoms with E-state index in [9.17, 15) is 4.21 Å². The third-order valence-electron chi connectivity index (χ3n) is 2.20. The van der Waals surface area contributed by atoms with Gasteiger partial charge in [-0.25, -0.2) is 9.19 Å². The SMILES string of the molecule is N#Cc1ccc(-c2cccc(S(=O)Cl)n2)cc1. The van der Waals surface area contributed by atoms with Crippen LogP contribution in [0, 0.1) is 11.3 Å². The van der Waals surface area contributed by atoms with Gasteiger partial charge in [0.2, 0.25) is 0 Å². The van der Waals surface area contributed by atoms with Crippen molar-refractivity contribution < 1.29 is 4.21 Å². The van der Waals surface area contributed by atoms with Crippen molar-refractivity contribution in [1.82, 2.24) is 4.98 Å². The molecule has 1 aromatic heterocycles. The van der Waals surface area contributed by atoms with Crippen LogP contribution in [0.2, 0.25) is 0 Å². The maximum Gasteiger partial charge on any atom is 0.166 e. The normalized spacial score (nSPS) is 11.8. The van der Waals surface area contributed by atoms with Gasteiger partial charge in [0, 0.05) is 5.56 Å². The molecule has 0 aliphatic heterocycles. The molecule has 0 spiro atoms. The molecule has 5 heteroatoms. The van der Waals surface area contributed by atoms with Gasteiger partial charge in [-0.05, 0) is 34.9 Å². The van der Waals surface area contributed by atoms with E-state index in [1.165, 1.54) is 0 Å². The number of nitriles is 1. The first-order valence-corrected chi connectivity index (χ1v) is 6.74. The summed E-state index contributed by atoms with van der Waals surface area (Å²) in [7, 11) is 3.87. The monoisotopic (exact) mass is 262 g/mol. The zero-order chi connectivity index (χ0) is 12.3. The lowest BCUT2D eigenvalue weighted by Gasteiger charge is -2.02. The van der Waals surface area contributed by atoms with Gasteiger partial charge in [-0.3, -0.25) is 0 Å². The molecule has 0 saturated heterocycles. The summed E-state index contributed by atoms with van der Waals surface area (Å²) in [6, 6.07) is 14.2. The van der Waals surface area contributed by atoms with E-state index >= 15 is 0 Å². The molecule has 1 aromatic carbocycles. The lowest BCUT2D eigenvalue weighted by Crippen LogP contribution is -1.90. The van der Waals surface area contributed by atoms with Gasteiger partial charge in [-0.2, -0.15) is 5.26 Å². The molecule has 17 heavy (non-hydrogen) atoms. The Balaban J connectivity index is 2.42. The zero-order valence-electron chi connectivity index (χ0n) is 8.63. The van der Waals surface area contributed by atoms with Crippen LogP contribution < -0.4 is 0 Å². The molecule has 1 unspecified atom stereocenters. The Kier molecular flexibility index (Phi) is 3.52. The van der Waals surface area contributed by atoms with Crippen LogP contribution in [-0.2, 0) is 10.0 Å². The fraction of sp³-hybridized carbons (Fsp3) is 0. The Hall–Kier alpha value is -1.70. The van der Waals surface area contributed by atoms with Crippen molar-refractivity contribution in [3.05, 3.63) is 48.0 Å². The highest BCUT2D eigenvalue weighted by Crippen LogP contribution is 2.19. The number of halogens is 1. The first kappa shape index (κ1) is 11.8. The van der Waals surface area contributed by atoms with Crippen molar-refractivity contribution in [2.24, 2.45) is 0 Å². The first-order valence-electron chi connectivity index (χ1n) is 4.76. The van der Waals surface area contributed by atoms with E-state index in [-0.39, 0.29) is 0 Å². The molecule has 2 rings (SSSR count). The van der Waals surface area contributed by atoms with Crippen LogP contribution in [0.5, 0.6) is 0 Å². The van der Waals surface area contributed by atoms with Crippen molar-refractivity contribution >= 4 is 20.7 Å². The number of nitrogens with zero attached hydrogens (tertiary/aromatic N) is 2. The Morgan fingerprint density at radius 1 is 1.18 bits per heavy atom. The summed E-state index contributed by atoms with van der Waals surface area (Å²) in [5, 5.41) is 9.02. The van der Waals surface area contributed by atoms with E-state index in [0.717, 1.165) is 5.56 Å². The predicted molar refractivity (Wildman–Crippen MR) is 66.6 cm³/mol. The summed E-state index contributed by atoms with van der Waals surface area (Å²) >= 11 is 0. The second-order valence-electron chi connectivity index (χ2n) is 3.27. The van der Waals surface area contributed by atoms with Gasteiger partial charge in [0.25, 0.3) is 0 Å². The molecule has 0 amide bonds. The topological polar surface area (TPSA) is 53.8 Å². The minimum Gasteiger partial charge on any atom is -0.238 e. The fourth-order valence-electron chi connectivity index (χ4n) is 1.38. The molecule has 0 N–H and O–H groups in total. The second kappa shape index (κ2) is 5.09. The highest BCUT2D eigenvalue weighted by Gasteiger charge is 2.04. The van der Waals surface area contributed by atoms with Crippen LogP contribution in [0.1, 0.15) is 5.56 Å². The van der Waals surface area contributed by atoms with Gasteiger partial charge in [0.15, 0.2) is 10.0 Å². The molecular formula is C12H7ClN2OS. The summed E-state index contributed by atoms with van der Waals surface area (Å²) in [5.41, 5.74) is 2.12. The maximum atomic E-state index is 11.1. The number of pyridine rings is 1. The molecule has 1 heterocycles. The molecule has 0 saturated carbocycles. The lowest BCUT2D eigenvalue weighted by atomic mass is 10.1. The average Bonchev–Trinajstić information content (AvgIpc) is 2.39. The Bertz CT molecular complexity index is 605. The summed E-state index contributed by atoms with van der Waals surface area (Å²) in [6.07, 6.45) is 0. The van der Waals surface area contributed by atoms with Crippen molar-refractivity contribution in [3.8, 4) is 17.3 Å². The molecule has 1 atom stereocenters. The average molecular weight is 263 g/mol. The van der Waals surface area contributed by atoms with Crippen molar-refractivity contribution in [2.45, 2.75) is 5.03 Å². The van der Waals surface area contributed by atoms with Gasteiger partial charge in [-0.1, -0.05) is 18.2 Å². The van der Waals surface area contributed by atoms with Gasteiger partial charge in [0.05, 0.1) is 17.3 Å². The van der Waals surface area contributed by atoms with Crippen LogP contribution >= 0.6 is 10.7 Å². The number of aromatic nitrogens is 1. The predicted octanol–water partition coefficient (Wildman–Crippen LogP) is 2.88. The molecule has 2 aromatic rings. The van der Waals surface area contributed by atoms with Gasteiger partial charge in [-0.15, -0.1) is 0 Å². The van der Waals surface area contributed by atoms with Gasteiger partial charge < -0.3 is 0 Å². The minimum atomic E-state index is -1.61. The van der Waals surface area contributed by atoms with Crippen LogP contribution in [0.25, 0.3) is 11.3 Å². The van der Waals surface area contributed by atoms with Gasteiger partial charge in [0.1, 0.15) is 5.03 Å². The molecule has 0 aliphatic carbocycles. The summed E-state index contributed by atoms with van der Waals surface area (Å²) in [5.74, 6) is 0. The molecule has 0 radical (unpaired) electrons. The fourth-order valence-corrected chi connectivity index (χ4v) is 1.99. The third-order valence-corrected chi connectivity index (χ3v) is 3.23. The minimum absolute atomic E-state index is 0.327. The molecule has 0 fully saturated rings. The van der Waals surface area contributed by atoms with Gasteiger partial charge >= 0.3 is 0 Å². The quantitative estimate of drug-likeness (QED) is 0.782. The van der Waals surface area contributed by atoms with Crippen LogP contribution in [-0.4, -0.2) is 9.19 Å². The van der Waals surface area contributed by atoms with E-state index < -0.39 is 10.0 Å². The number of benzene rings is 1. The van der Waals surface area contributed by atoms with E-state index in [1.807, 2.05) is 6.07 Å². The van der Waals surface area contributed by atoms with E-state index in [4.69, 9.17) is 15.9 Å². The highest BCUT2D eigenvalue weighted by atomic mass is 35.7. The molecule has 3 nitrogen and oxygen atoms in total. The first-order chi connectivity index (χ1) is 8.20. The Labute approximate surface area is 106 Å². The van der Waals surface area contributed by atoms with E-state index in [1.54, 1.807) is 42.5 Å². The maximum absolute atomic E-state index is 11.1. The molecule has 84 valence electrons. The Morgan fingerprint density at radius 3 is 2.47 bits per heavy atom. The van der Waals surface area contributed by atoms with Crippen LogP contribution in [0.15, 0.2) is 47.5 Å². The van der Waals surface area contributed by atoms with Crippen molar-refractivity contribution in [3.63, 3.8) is 0 Å². The summed E-state index contributed by atoms with van der Waals surface area (Å²) in [6.45, 7) is 0. The number of rotatable bonds is 2. The van der Waals surface area contributed by atoms with Crippen LogP contribution in [0.3, 0.4) is 0 Å². The molecule has 0 aliphatic rings. The third kappa shape index (κ3) is 2.70. The molecular weight excluding hydrogens is 256 g/mol. The number of hydrogen-bond acceptors (Lipinski definition) is 3. The highest BCUT2D eigenvalue weighted by molar-refractivity contribution is 8.08. The second-order valence-corrected chi connectivity index (χ2v) is 4.98. The smallest absolute Gasteiger partial charge is 0.166 e. The van der Waals surface area contributed by atoms with E-state index in [0.29, 0.717) is 16.3 Å². The lowest BCUT2D eigenvalue weighted by molar-refractivity contribution is 0.689. The van der Waals surface area contributed by atoms with Crippen molar-refractivity contribution in [1.29, 1.82) is 5.26 Å². The standard InChI is InChI=1S/C12H7ClN2OS/c13-17(16)12-3-1-2-11(15-12)10-6-4-9(8-14)5-7-10/h1-7H. The Morgan fingerprint density at radius 2 is 1.88 bits per heavy atom.